The van der Waals surface area contributed by atoms with E-state index >= 15 is 0 Å². The molecule has 0 bridgehead atoms. The maximum atomic E-state index is 11.2. The van der Waals surface area contributed by atoms with Crippen LogP contribution in [0, 0.1) is 7.43 Å². The molecule has 10 heteroatoms. The van der Waals surface area contributed by atoms with Crippen molar-refractivity contribution in [3.8, 4) is 0 Å². The standard InChI is InChI=1S/C21H40N2O2.C9H17NO.C3H6Br2.CH3.2BrH/c1-7-20(24)14-9-11-16-22(3,4)18-13-19-23(5,6)17-12-10-15-21(25)8-2;1-4-9(11)7-5-6-8-10(2)3;4-2-1-3-5;;;/h7-8H,1-2,9-19H2,3-6H3;4H,1,5-8H2,2-3H3;1-3H2;1H3;2*1H/q+2;;;-1;;/p-2. The molecule has 0 aliphatic carbocycles. The van der Waals surface area contributed by atoms with Crippen LogP contribution in [-0.2, 0) is 14.4 Å². The van der Waals surface area contributed by atoms with Crippen molar-refractivity contribution in [3.05, 3.63) is 45.4 Å². The van der Waals surface area contributed by atoms with Crippen molar-refractivity contribution in [2.45, 2.75) is 70.6 Å². The Morgan fingerprint density at radius 1 is 0.568 bits per heavy atom. The number of alkyl halides is 2. The summed E-state index contributed by atoms with van der Waals surface area (Å²) in [5.74, 6) is 0.460. The minimum Gasteiger partial charge on any atom is -1.00 e. The Morgan fingerprint density at radius 3 is 1.11 bits per heavy atom. The van der Waals surface area contributed by atoms with Crippen LogP contribution < -0.4 is 34.0 Å². The summed E-state index contributed by atoms with van der Waals surface area (Å²) in [6.45, 7) is 16.0. The SMILES string of the molecule is BrCCCBr.C=CC(=O)CCCCN(C)C.C=CC(=O)CCCC[N+](C)(C)CCC[N+](C)(C)CCCCC(=O)C=C.[Br-].[Br-].[CH3-]. The van der Waals surface area contributed by atoms with Gasteiger partial charge >= 0.3 is 0 Å². The number of hydrogen-bond donors (Lipinski definition) is 0. The van der Waals surface area contributed by atoms with E-state index in [-0.39, 0.29) is 58.7 Å². The van der Waals surface area contributed by atoms with Crippen molar-refractivity contribution >= 4 is 49.2 Å². The van der Waals surface area contributed by atoms with Crippen molar-refractivity contribution in [2.75, 3.05) is 85.7 Å². The van der Waals surface area contributed by atoms with Gasteiger partial charge in [-0.1, -0.05) is 51.6 Å². The zero-order valence-electron chi connectivity index (χ0n) is 29.2. The fourth-order valence-electron chi connectivity index (χ4n) is 3.91. The van der Waals surface area contributed by atoms with Crippen LogP contribution in [-0.4, -0.2) is 117 Å². The second-order valence-corrected chi connectivity index (χ2v) is 13.6. The van der Waals surface area contributed by atoms with Crippen LogP contribution in [0.4, 0.5) is 0 Å². The molecule has 0 saturated carbocycles. The summed E-state index contributed by atoms with van der Waals surface area (Å²) >= 11 is 6.56. The third kappa shape index (κ3) is 46.4. The van der Waals surface area contributed by atoms with Gasteiger partial charge in [-0.2, -0.15) is 0 Å². The normalized spacial score (nSPS) is 10.3. The third-order valence-corrected chi connectivity index (χ3v) is 7.75. The van der Waals surface area contributed by atoms with Crippen molar-refractivity contribution in [3.63, 3.8) is 0 Å². The summed E-state index contributed by atoms with van der Waals surface area (Å²) in [5, 5.41) is 2.22. The van der Waals surface area contributed by atoms with Crippen LogP contribution in [0.1, 0.15) is 70.6 Å². The van der Waals surface area contributed by atoms with Gasteiger partial charge in [0.15, 0.2) is 17.3 Å². The zero-order valence-corrected chi connectivity index (χ0v) is 35.5. The Kier molecular flexibility index (Phi) is 48.0. The Bertz CT molecular complexity index is 689. The van der Waals surface area contributed by atoms with E-state index in [0.29, 0.717) is 19.3 Å². The summed E-state index contributed by atoms with van der Waals surface area (Å²) in [7, 11) is 13.2. The second kappa shape index (κ2) is 37.5. The second-order valence-electron chi connectivity index (χ2n) is 12.0. The molecule has 0 unspecified atom stereocenters. The highest BCUT2D eigenvalue weighted by Crippen LogP contribution is 2.10. The van der Waals surface area contributed by atoms with E-state index in [4.69, 9.17) is 0 Å². The van der Waals surface area contributed by atoms with Crippen molar-refractivity contribution in [1.82, 2.24) is 4.90 Å². The van der Waals surface area contributed by atoms with Crippen LogP contribution in [0.5, 0.6) is 0 Å². The quantitative estimate of drug-likeness (QED) is 0.0486. The number of nitrogens with zero attached hydrogens (tertiary/aromatic N) is 3. The average molecular weight is 885 g/mol. The van der Waals surface area contributed by atoms with Gasteiger partial charge in [-0.25, -0.2) is 0 Å². The Balaban J connectivity index is -0.000000159. The molecule has 0 aromatic carbocycles. The van der Waals surface area contributed by atoms with Gasteiger partial charge < -0.3 is 55.3 Å². The number of rotatable bonds is 24. The highest BCUT2D eigenvalue weighted by molar-refractivity contribution is 9.09. The predicted octanol–water partition coefficient (Wildman–Crippen LogP) is 1.48. The molecule has 0 amide bonds. The summed E-state index contributed by atoms with van der Waals surface area (Å²) in [4.78, 5) is 35.3. The van der Waals surface area contributed by atoms with Gasteiger partial charge in [-0.05, 0) is 83.8 Å². The molecule has 0 aliphatic rings. The van der Waals surface area contributed by atoms with E-state index in [1.807, 2.05) is 14.1 Å². The number of carbonyl (C=O) groups is 3. The first-order valence-electron chi connectivity index (χ1n) is 15.1. The van der Waals surface area contributed by atoms with Crippen LogP contribution in [0.3, 0.4) is 0 Å². The predicted molar refractivity (Wildman–Crippen MR) is 193 cm³/mol. The van der Waals surface area contributed by atoms with Crippen molar-refractivity contribution in [1.29, 1.82) is 0 Å². The number of quaternary nitrogens is 2. The molecule has 6 nitrogen and oxygen atoms in total. The van der Waals surface area contributed by atoms with Gasteiger partial charge in [0.05, 0.1) is 54.4 Å². The Morgan fingerprint density at radius 2 is 0.864 bits per heavy atom. The lowest BCUT2D eigenvalue weighted by molar-refractivity contribution is -0.909. The highest BCUT2D eigenvalue weighted by Gasteiger charge is 2.19. The zero-order chi connectivity index (χ0) is 32.2. The van der Waals surface area contributed by atoms with Gasteiger partial charge in [0.1, 0.15) is 0 Å². The first-order valence-corrected chi connectivity index (χ1v) is 17.3. The van der Waals surface area contributed by atoms with E-state index in [1.165, 1.54) is 31.1 Å². The molecule has 0 saturated heterocycles. The molecule has 0 radical (unpaired) electrons. The summed E-state index contributed by atoms with van der Waals surface area (Å²) in [5.41, 5.74) is 0. The van der Waals surface area contributed by atoms with Gasteiger partial charge in [-0.3, -0.25) is 14.4 Å². The Labute approximate surface area is 311 Å². The topological polar surface area (TPSA) is 54.5 Å². The fraction of sp³-hybridized carbons (Fsp3) is 0.706. The molecule has 0 atom stereocenters. The van der Waals surface area contributed by atoms with E-state index < -0.39 is 0 Å². The molecule has 0 fully saturated rings. The molecule has 264 valence electrons. The smallest absolute Gasteiger partial charge is 0.155 e. The monoisotopic (exact) mass is 880 g/mol. The summed E-state index contributed by atoms with van der Waals surface area (Å²) in [6, 6.07) is 0. The molecule has 44 heavy (non-hydrogen) atoms. The minimum atomic E-state index is 0. The molecule has 0 rings (SSSR count). The largest absolute Gasteiger partial charge is 1.00 e. The number of allylic oxidation sites excluding steroid dienone is 3. The van der Waals surface area contributed by atoms with Crippen molar-refractivity contribution < 1.29 is 57.3 Å². The maximum absolute atomic E-state index is 11.2. The van der Waals surface area contributed by atoms with Gasteiger partial charge in [0.2, 0.25) is 0 Å². The highest BCUT2D eigenvalue weighted by atomic mass is 79.9. The number of carbonyl (C=O) groups excluding carboxylic acids is 3. The molecule has 0 aromatic heterocycles. The number of halogens is 4. The first-order chi connectivity index (χ1) is 19.2. The van der Waals surface area contributed by atoms with E-state index in [1.54, 1.807) is 0 Å². The molecule has 0 aromatic rings. The van der Waals surface area contributed by atoms with Crippen molar-refractivity contribution in [2.24, 2.45) is 0 Å². The lowest BCUT2D eigenvalue weighted by Gasteiger charge is -2.33. The number of ketones is 3. The fourth-order valence-corrected chi connectivity index (χ4v) is 5.23. The maximum Gasteiger partial charge on any atom is 0.155 e. The summed E-state index contributed by atoms with van der Waals surface area (Å²) < 4.78 is 2.02. The van der Waals surface area contributed by atoms with Gasteiger partial charge in [0.25, 0.3) is 0 Å². The number of unbranched alkanes of at least 4 members (excludes halogenated alkanes) is 3. The van der Waals surface area contributed by atoms with Gasteiger partial charge in [0, 0.05) is 36.3 Å². The van der Waals surface area contributed by atoms with E-state index in [0.717, 1.165) is 90.9 Å². The molecule has 0 spiro atoms. The van der Waals surface area contributed by atoms with E-state index in [9.17, 15) is 14.4 Å². The van der Waals surface area contributed by atoms with E-state index in [2.05, 4.69) is 84.7 Å². The van der Waals surface area contributed by atoms with Crippen LogP contribution in [0.2, 0.25) is 0 Å². The lowest BCUT2D eigenvalue weighted by Crippen LogP contribution is -3.00. The molecule has 0 heterocycles. The van der Waals surface area contributed by atoms with Crippen LogP contribution in [0.15, 0.2) is 38.0 Å². The number of hydrogen-bond acceptors (Lipinski definition) is 4. The third-order valence-electron chi connectivity index (χ3n) is 6.63. The molecule has 0 aliphatic heterocycles. The Hall–Kier alpha value is 0.0300. The molecular formula is C34H66Br4N3O3-. The van der Waals surface area contributed by atoms with Gasteiger partial charge in [-0.15, -0.1) is 0 Å². The average Bonchev–Trinajstić information content (AvgIpc) is 2.91. The summed E-state index contributed by atoms with van der Waals surface area (Å²) in [6.07, 6.45) is 14.7. The molecule has 0 N–H and O–H groups in total. The van der Waals surface area contributed by atoms with Crippen LogP contribution >= 0.6 is 31.9 Å². The van der Waals surface area contributed by atoms with Crippen LogP contribution in [0.25, 0.3) is 0 Å². The minimum absolute atomic E-state index is 0. The first kappa shape index (κ1) is 56.4. The molecular weight excluding hydrogens is 818 g/mol. The lowest BCUT2D eigenvalue weighted by atomic mass is 10.1.